The Bertz CT molecular complexity index is 518. The van der Waals surface area contributed by atoms with Crippen LogP contribution in [0.4, 0.5) is 8.78 Å². The first-order valence-corrected chi connectivity index (χ1v) is 6.74. The molecule has 2 fully saturated rings. The number of hydrogen-bond donors (Lipinski definition) is 1. The molecular formula is C14H16F2N2O2. The lowest BCUT2D eigenvalue weighted by Crippen LogP contribution is -2.42. The molecule has 0 bridgehead atoms. The zero-order chi connectivity index (χ0) is 14.1. The summed E-state index contributed by atoms with van der Waals surface area (Å²) in [5.41, 5.74) is 0.571. The fourth-order valence-corrected chi connectivity index (χ4v) is 2.86. The molecule has 1 amide bonds. The normalized spacial score (nSPS) is 24.4. The third-order valence-electron chi connectivity index (χ3n) is 3.86. The van der Waals surface area contributed by atoms with Crippen molar-refractivity contribution in [1.29, 1.82) is 0 Å². The Morgan fingerprint density at radius 2 is 1.95 bits per heavy atom. The number of halogens is 2. The average molecular weight is 282 g/mol. The summed E-state index contributed by atoms with van der Waals surface area (Å²) in [5.74, 6) is -1.78. The number of hydrogen-bond acceptors (Lipinski definition) is 3. The molecule has 20 heavy (non-hydrogen) atoms. The minimum atomic E-state index is -0.893. The van der Waals surface area contributed by atoms with Crippen LogP contribution >= 0.6 is 0 Å². The Kier molecular flexibility index (Phi) is 3.67. The van der Waals surface area contributed by atoms with Crippen molar-refractivity contribution in [1.82, 2.24) is 10.2 Å². The van der Waals surface area contributed by atoms with E-state index < -0.39 is 11.6 Å². The highest BCUT2D eigenvalue weighted by Crippen LogP contribution is 2.29. The monoisotopic (exact) mass is 282 g/mol. The van der Waals surface area contributed by atoms with Crippen LogP contribution in [-0.4, -0.2) is 36.6 Å². The first-order valence-electron chi connectivity index (χ1n) is 6.74. The van der Waals surface area contributed by atoms with Crippen molar-refractivity contribution >= 4 is 5.91 Å². The molecule has 4 nitrogen and oxygen atoms in total. The van der Waals surface area contributed by atoms with Gasteiger partial charge in [-0.05, 0) is 30.5 Å². The third kappa shape index (κ3) is 2.41. The van der Waals surface area contributed by atoms with Gasteiger partial charge in [0, 0.05) is 19.3 Å². The highest BCUT2D eigenvalue weighted by Gasteiger charge is 2.37. The highest BCUT2D eigenvalue weighted by molar-refractivity contribution is 5.81. The van der Waals surface area contributed by atoms with E-state index in [1.54, 1.807) is 4.90 Å². The molecule has 0 saturated carbocycles. The van der Waals surface area contributed by atoms with Crippen LogP contribution in [0, 0.1) is 11.6 Å². The van der Waals surface area contributed by atoms with Crippen LogP contribution in [0.15, 0.2) is 18.2 Å². The highest BCUT2D eigenvalue weighted by atomic mass is 19.2. The number of benzene rings is 1. The number of nitrogens with one attached hydrogen (secondary N) is 1. The molecule has 0 aromatic heterocycles. The van der Waals surface area contributed by atoms with E-state index in [1.165, 1.54) is 6.07 Å². The Labute approximate surface area is 115 Å². The SMILES string of the molecule is O=C1CNC(c2ccc(F)c(F)c2)N1C1CCOCC1. The Balaban J connectivity index is 1.86. The molecule has 3 rings (SSSR count). The summed E-state index contributed by atoms with van der Waals surface area (Å²) < 4.78 is 31.7. The van der Waals surface area contributed by atoms with Gasteiger partial charge in [0.2, 0.25) is 5.91 Å². The van der Waals surface area contributed by atoms with Crippen molar-refractivity contribution in [2.75, 3.05) is 19.8 Å². The van der Waals surface area contributed by atoms with Gasteiger partial charge in [0.15, 0.2) is 11.6 Å². The minimum absolute atomic E-state index is 0.00775. The van der Waals surface area contributed by atoms with E-state index >= 15 is 0 Å². The van der Waals surface area contributed by atoms with E-state index in [4.69, 9.17) is 4.74 Å². The number of amides is 1. The van der Waals surface area contributed by atoms with Gasteiger partial charge in [-0.3, -0.25) is 10.1 Å². The maximum absolute atomic E-state index is 13.4. The molecule has 1 aromatic carbocycles. The molecule has 6 heteroatoms. The first kappa shape index (κ1) is 13.5. The molecule has 108 valence electrons. The average Bonchev–Trinajstić information content (AvgIpc) is 2.85. The van der Waals surface area contributed by atoms with Gasteiger partial charge in [0.05, 0.1) is 6.54 Å². The smallest absolute Gasteiger partial charge is 0.238 e. The summed E-state index contributed by atoms with van der Waals surface area (Å²) in [5, 5.41) is 3.06. The standard InChI is InChI=1S/C14H16F2N2O2/c15-11-2-1-9(7-12(11)16)14-17-8-13(19)18(14)10-3-5-20-6-4-10/h1-2,7,10,14,17H,3-6,8H2. The fraction of sp³-hybridized carbons (Fsp3) is 0.500. The Hall–Kier alpha value is -1.53. The molecule has 0 radical (unpaired) electrons. The van der Waals surface area contributed by atoms with Crippen LogP contribution in [0.2, 0.25) is 0 Å². The van der Waals surface area contributed by atoms with Crippen LogP contribution in [-0.2, 0) is 9.53 Å². The maximum Gasteiger partial charge on any atom is 0.238 e. The van der Waals surface area contributed by atoms with Crippen molar-refractivity contribution in [3.05, 3.63) is 35.4 Å². The number of carbonyl (C=O) groups excluding carboxylic acids is 1. The Morgan fingerprint density at radius 3 is 2.65 bits per heavy atom. The van der Waals surface area contributed by atoms with Crippen LogP contribution < -0.4 is 5.32 Å². The van der Waals surface area contributed by atoms with Gasteiger partial charge < -0.3 is 9.64 Å². The zero-order valence-electron chi connectivity index (χ0n) is 10.9. The zero-order valence-corrected chi connectivity index (χ0v) is 10.9. The lowest BCUT2D eigenvalue weighted by Gasteiger charge is -2.35. The van der Waals surface area contributed by atoms with Crippen molar-refractivity contribution < 1.29 is 18.3 Å². The van der Waals surface area contributed by atoms with Crippen LogP contribution in [0.3, 0.4) is 0 Å². The molecule has 2 saturated heterocycles. The minimum Gasteiger partial charge on any atom is -0.381 e. The molecule has 0 spiro atoms. The predicted molar refractivity (Wildman–Crippen MR) is 67.8 cm³/mol. The summed E-state index contributed by atoms with van der Waals surface area (Å²) in [6.45, 7) is 1.47. The molecular weight excluding hydrogens is 266 g/mol. The van der Waals surface area contributed by atoms with Crippen LogP contribution in [0.5, 0.6) is 0 Å². The Morgan fingerprint density at radius 1 is 1.20 bits per heavy atom. The summed E-state index contributed by atoms with van der Waals surface area (Å²) in [4.78, 5) is 13.8. The molecule has 2 aliphatic heterocycles. The first-order chi connectivity index (χ1) is 9.66. The quantitative estimate of drug-likeness (QED) is 0.895. The van der Waals surface area contributed by atoms with Gasteiger partial charge in [-0.15, -0.1) is 0 Å². The van der Waals surface area contributed by atoms with Crippen LogP contribution in [0.25, 0.3) is 0 Å². The number of ether oxygens (including phenoxy) is 1. The van der Waals surface area contributed by atoms with Crippen molar-refractivity contribution in [3.8, 4) is 0 Å². The molecule has 0 aliphatic carbocycles. The number of carbonyl (C=O) groups is 1. The second-order valence-corrected chi connectivity index (χ2v) is 5.10. The van der Waals surface area contributed by atoms with Gasteiger partial charge in [0.1, 0.15) is 6.17 Å². The molecule has 2 aliphatic rings. The number of nitrogens with zero attached hydrogens (tertiary/aromatic N) is 1. The van der Waals surface area contributed by atoms with Gasteiger partial charge in [-0.2, -0.15) is 0 Å². The molecule has 2 heterocycles. The van der Waals surface area contributed by atoms with E-state index in [0.717, 1.165) is 25.0 Å². The van der Waals surface area contributed by atoms with E-state index in [-0.39, 0.29) is 24.7 Å². The largest absolute Gasteiger partial charge is 0.381 e. The van der Waals surface area contributed by atoms with E-state index in [2.05, 4.69) is 5.32 Å². The van der Waals surface area contributed by atoms with Gasteiger partial charge in [-0.25, -0.2) is 8.78 Å². The summed E-state index contributed by atoms with van der Waals surface area (Å²) in [6.07, 6.45) is 1.15. The molecule has 1 N–H and O–H groups in total. The predicted octanol–water partition coefficient (Wildman–Crippen LogP) is 1.57. The number of rotatable bonds is 2. The van der Waals surface area contributed by atoms with Gasteiger partial charge in [-0.1, -0.05) is 6.07 Å². The summed E-state index contributed by atoms with van der Waals surface area (Å²) in [7, 11) is 0. The summed E-state index contributed by atoms with van der Waals surface area (Å²) in [6, 6.07) is 3.85. The summed E-state index contributed by atoms with van der Waals surface area (Å²) >= 11 is 0. The van der Waals surface area contributed by atoms with Gasteiger partial charge >= 0.3 is 0 Å². The van der Waals surface area contributed by atoms with Crippen molar-refractivity contribution in [2.45, 2.75) is 25.0 Å². The molecule has 1 aromatic rings. The fourth-order valence-electron chi connectivity index (χ4n) is 2.86. The van der Waals surface area contributed by atoms with E-state index in [0.29, 0.717) is 18.8 Å². The topological polar surface area (TPSA) is 41.6 Å². The van der Waals surface area contributed by atoms with E-state index in [1.807, 2.05) is 0 Å². The lowest BCUT2D eigenvalue weighted by atomic mass is 10.0. The van der Waals surface area contributed by atoms with Crippen molar-refractivity contribution in [3.63, 3.8) is 0 Å². The lowest BCUT2D eigenvalue weighted by molar-refractivity contribution is -0.132. The van der Waals surface area contributed by atoms with Crippen LogP contribution in [0.1, 0.15) is 24.6 Å². The molecule has 1 atom stereocenters. The van der Waals surface area contributed by atoms with Gasteiger partial charge in [0.25, 0.3) is 0 Å². The van der Waals surface area contributed by atoms with Crippen molar-refractivity contribution in [2.24, 2.45) is 0 Å². The van der Waals surface area contributed by atoms with E-state index in [9.17, 15) is 13.6 Å². The third-order valence-corrected chi connectivity index (χ3v) is 3.86. The second-order valence-electron chi connectivity index (χ2n) is 5.10. The molecule has 1 unspecified atom stereocenters. The maximum atomic E-state index is 13.4. The second kappa shape index (κ2) is 5.46.